The van der Waals surface area contributed by atoms with Gasteiger partial charge in [0.15, 0.2) is 5.75 Å². The zero-order valence-electron chi connectivity index (χ0n) is 9.00. The monoisotopic (exact) mass is 196 g/mol. The largest absolute Gasteiger partial charge is 0.308 e. The summed E-state index contributed by atoms with van der Waals surface area (Å²) >= 11 is 0. The quantitative estimate of drug-likeness (QED) is 0.583. The van der Waals surface area contributed by atoms with E-state index < -0.39 is 0 Å². The van der Waals surface area contributed by atoms with E-state index in [1.807, 2.05) is 25.1 Å². The molecule has 0 aliphatic carbocycles. The Morgan fingerprint density at radius 3 is 2.36 bits per heavy atom. The molecule has 78 valence electrons. The summed E-state index contributed by atoms with van der Waals surface area (Å²) < 4.78 is 0. The Bertz CT molecular complexity index is 313. The van der Waals surface area contributed by atoms with Crippen LogP contribution in [0, 0.1) is 6.92 Å². The van der Waals surface area contributed by atoms with Crippen molar-refractivity contribution in [2.75, 3.05) is 0 Å². The molecule has 3 nitrogen and oxygen atoms in total. The van der Waals surface area contributed by atoms with E-state index in [1.165, 1.54) is 0 Å². The number of para-hydroxylation sites is 1. The Balaban J connectivity index is 3.21. The van der Waals surface area contributed by atoms with Crippen LogP contribution in [0.3, 0.4) is 0 Å². The van der Waals surface area contributed by atoms with Crippen LogP contribution in [0.1, 0.15) is 31.9 Å². The van der Waals surface area contributed by atoms with Crippen molar-refractivity contribution in [1.29, 1.82) is 0 Å². The molecule has 0 atom stereocenters. The third-order valence-corrected chi connectivity index (χ3v) is 2.14. The molecule has 0 aliphatic rings. The van der Waals surface area contributed by atoms with E-state index in [9.17, 15) is 0 Å². The number of aryl methyl sites for hydroxylation is 1. The first-order valence-electron chi connectivity index (χ1n) is 4.55. The van der Waals surface area contributed by atoms with Gasteiger partial charge in [0.2, 0.25) is 0 Å². The number of benzene rings is 1. The molecule has 0 fully saturated rings. The van der Waals surface area contributed by atoms with Crippen LogP contribution in [-0.2, 0) is 10.5 Å². The minimum Gasteiger partial charge on any atom is -0.308 e. The Morgan fingerprint density at radius 1 is 1.21 bits per heavy atom. The number of rotatable bonds is 2. The van der Waals surface area contributed by atoms with Crippen molar-refractivity contribution < 1.29 is 15.2 Å². The zero-order chi connectivity index (χ0) is 10.8. The lowest BCUT2D eigenvalue weighted by Gasteiger charge is -2.22. The molecule has 0 bridgehead atoms. The topological polar surface area (TPSA) is 38.7 Å². The molecule has 0 spiro atoms. The fraction of sp³-hybridized carbons (Fsp3) is 0.455. The first-order chi connectivity index (χ1) is 6.46. The van der Waals surface area contributed by atoms with Gasteiger partial charge in [-0.1, -0.05) is 39.0 Å². The van der Waals surface area contributed by atoms with Gasteiger partial charge in [-0.3, -0.25) is 0 Å². The lowest BCUT2D eigenvalue weighted by Crippen LogP contribution is -2.14. The smallest absolute Gasteiger partial charge is 0.175 e. The highest BCUT2D eigenvalue weighted by Crippen LogP contribution is 2.33. The third kappa shape index (κ3) is 2.25. The normalized spacial score (nSPS) is 11.5. The fourth-order valence-corrected chi connectivity index (χ4v) is 1.39. The van der Waals surface area contributed by atoms with Gasteiger partial charge >= 0.3 is 0 Å². The van der Waals surface area contributed by atoms with Crippen LogP contribution in [0.15, 0.2) is 18.2 Å². The standard InChI is InChI=1S/C11H16O3/c1-8-6-5-7-9(11(2,3)4)10(8)13-14-12/h5-7,12H,1-4H3. The summed E-state index contributed by atoms with van der Waals surface area (Å²) in [6, 6.07) is 5.82. The van der Waals surface area contributed by atoms with Crippen molar-refractivity contribution in [2.24, 2.45) is 0 Å². The van der Waals surface area contributed by atoms with E-state index in [2.05, 4.69) is 25.8 Å². The van der Waals surface area contributed by atoms with Gasteiger partial charge in [-0.15, -0.1) is 0 Å². The Hall–Kier alpha value is -1.06. The fourth-order valence-electron chi connectivity index (χ4n) is 1.39. The highest BCUT2D eigenvalue weighted by atomic mass is 17.5. The van der Waals surface area contributed by atoms with Crippen molar-refractivity contribution >= 4 is 0 Å². The first kappa shape index (κ1) is 11.0. The Morgan fingerprint density at radius 2 is 1.86 bits per heavy atom. The predicted octanol–water partition coefficient (Wildman–Crippen LogP) is 3.08. The van der Waals surface area contributed by atoms with Gasteiger partial charge in [0.05, 0.1) is 0 Å². The molecule has 0 aliphatic heterocycles. The summed E-state index contributed by atoms with van der Waals surface area (Å²) in [4.78, 5) is 4.75. The summed E-state index contributed by atoms with van der Waals surface area (Å²) in [6.07, 6.45) is 0. The molecule has 1 aromatic carbocycles. The van der Waals surface area contributed by atoms with Gasteiger partial charge in [-0.25, -0.2) is 5.26 Å². The second kappa shape index (κ2) is 3.98. The average Bonchev–Trinajstić information content (AvgIpc) is 2.07. The second-order valence-electron chi connectivity index (χ2n) is 4.36. The highest BCUT2D eigenvalue weighted by Gasteiger charge is 2.20. The van der Waals surface area contributed by atoms with Crippen LogP contribution in [-0.4, -0.2) is 5.26 Å². The molecule has 0 amide bonds. The lowest BCUT2D eigenvalue weighted by atomic mass is 9.85. The van der Waals surface area contributed by atoms with Crippen LogP contribution in [0.4, 0.5) is 0 Å². The van der Waals surface area contributed by atoms with Crippen molar-refractivity contribution in [3.05, 3.63) is 29.3 Å². The molecule has 0 aromatic heterocycles. The van der Waals surface area contributed by atoms with Gasteiger partial charge in [0.25, 0.3) is 0 Å². The summed E-state index contributed by atoms with van der Waals surface area (Å²) in [6.45, 7) is 8.13. The van der Waals surface area contributed by atoms with Crippen molar-refractivity contribution in [2.45, 2.75) is 33.1 Å². The molecular formula is C11H16O3. The van der Waals surface area contributed by atoms with Crippen LogP contribution in [0.5, 0.6) is 5.75 Å². The minimum absolute atomic E-state index is 0.0418. The van der Waals surface area contributed by atoms with Gasteiger partial charge in [-0.05, 0) is 22.9 Å². The Labute approximate surface area is 84.1 Å². The van der Waals surface area contributed by atoms with Gasteiger partial charge in [0, 0.05) is 5.56 Å². The molecule has 1 rings (SSSR count). The van der Waals surface area contributed by atoms with Crippen LogP contribution >= 0.6 is 0 Å². The maximum atomic E-state index is 8.31. The maximum Gasteiger partial charge on any atom is 0.175 e. The summed E-state index contributed by atoms with van der Waals surface area (Å²) in [5.41, 5.74) is 1.90. The average molecular weight is 196 g/mol. The maximum absolute atomic E-state index is 8.31. The van der Waals surface area contributed by atoms with E-state index in [0.29, 0.717) is 5.75 Å². The molecule has 14 heavy (non-hydrogen) atoms. The van der Waals surface area contributed by atoms with Crippen LogP contribution < -0.4 is 4.89 Å². The van der Waals surface area contributed by atoms with Crippen LogP contribution in [0.25, 0.3) is 0 Å². The molecule has 3 heteroatoms. The highest BCUT2D eigenvalue weighted by molar-refractivity contribution is 5.43. The van der Waals surface area contributed by atoms with Crippen molar-refractivity contribution in [3.63, 3.8) is 0 Å². The molecule has 0 saturated carbocycles. The van der Waals surface area contributed by atoms with E-state index in [0.717, 1.165) is 11.1 Å². The van der Waals surface area contributed by atoms with E-state index in [1.54, 1.807) is 0 Å². The van der Waals surface area contributed by atoms with Crippen molar-refractivity contribution in [3.8, 4) is 5.75 Å². The minimum atomic E-state index is -0.0418. The molecular weight excluding hydrogens is 180 g/mol. The Kier molecular flexibility index (Phi) is 3.13. The van der Waals surface area contributed by atoms with Crippen LogP contribution in [0.2, 0.25) is 0 Å². The number of hydrogen-bond donors (Lipinski definition) is 1. The van der Waals surface area contributed by atoms with Crippen molar-refractivity contribution in [1.82, 2.24) is 0 Å². The second-order valence-corrected chi connectivity index (χ2v) is 4.36. The van der Waals surface area contributed by atoms with Gasteiger partial charge < -0.3 is 4.89 Å². The number of hydrogen-bond acceptors (Lipinski definition) is 3. The van der Waals surface area contributed by atoms with Gasteiger partial charge in [-0.2, -0.15) is 0 Å². The SMILES string of the molecule is Cc1cccc(C(C)(C)C)c1OOO. The molecule has 0 unspecified atom stereocenters. The predicted molar refractivity (Wildman–Crippen MR) is 54.2 cm³/mol. The van der Waals surface area contributed by atoms with E-state index in [4.69, 9.17) is 10.1 Å². The molecule has 1 aromatic rings. The summed E-state index contributed by atoms with van der Waals surface area (Å²) in [5.74, 6) is 0.586. The molecule has 0 heterocycles. The summed E-state index contributed by atoms with van der Waals surface area (Å²) in [7, 11) is 0. The molecule has 0 radical (unpaired) electrons. The zero-order valence-corrected chi connectivity index (χ0v) is 9.00. The lowest BCUT2D eigenvalue weighted by molar-refractivity contribution is -0.439. The molecule has 0 saturated heterocycles. The van der Waals surface area contributed by atoms with E-state index >= 15 is 0 Å². The molecule has 1 N–H and O–H groups in total. The van der Waals surface area contributed by atoms with Gasteiger partial charge in [0.1, 0.15) is 0 Å². The van der Waals surface area contributed by atoms with E-state index in [-0.39, 0.29) is 5.41 Å². The first-order valence-corrected chi connectivity index (χ1v) is 4.55. The third-order valence-electron chi connectivity index (χ3n) is 2.14. The summed E-state index contributed by atoms with van der Waals surface area (Å²) in [5, 5.41) is 12.1.